The van der Waals surface area contributed by atoms with Gasteiger partial charge in [0.15, 0.2) is 6.73 Å². The predicted molar refractivity (Wildman–Crippen MR) is 137 cm³/mol. The van der Waals surface area contributed by atoms with Gasteiger partial charge in [0.1, 0.15) is 11.9 Å². The lowest BCUT2D eigenvalue weighted by molar-refractivity contribution is -0.149. The molecule has 1 unspecified atom stereocenters. The van der Waals surface area contributed by atoms with Crippen LogP contribution in [0.4, 0.5) is 0 Å². The fourth-order valence-corrected chi connectivity index (χ4v) is 4.36. The molecule has 0 radical (unpaired) electrons. The molecule has 0 saturated carbocycles. The molecular formula is C28H53NO4. The molecule has 0 amide bonds. The molecule has 5 heteroatoms. The van der Waals surface area contributed by atoms with E-state index in [2.05, 4.69) is 18.7 Å². The van der Waals surface area contributed by atoms with Crippen LogP contribution in [0, 0.1) is 0 Å². The van der Waals surface area contributed by atoms with Gasteiger partial charge in [-0.05, 0) is 26.2 Å². The number of allylic oxidation sites excluding steroid dienone is 2. The highest BCUT2D eigenvalue weighted by atomic mass is 16.6. The van der Waals surface area contributed by atoms with Gasteiger partial charge in [0.25, 0.3) is 0 Å². The lowest BCUT2D eigenvalue weighted by Gasteiger charge is -2.17. The molecule has 33 heavy (non-hydrogen) atoms. The number of hydrogen-bond acceptors (Lipinski definition) is 5. The largest absolute Gasteiger partial charge is 0.476 e. The minimum atomic E-state index is -0.229. The van der Waals surface area contributed by atoms with Crippen molar-refractivity contribution in [1.29, 1.82) is 0 Å². The van der Waals surface area contributed by atoms with Gasteiger partial charge < -0.3 is 19.1 Å². The van der Waals surface area contributed by atoms with Crippen molar-refractivity contribution < 1.29 is 19.0 Å². The van der Waals surface area contributed by atoms with E-state index in [1.165, 1.54) is 96.1 Å². The SMILES string of the molecule is CCCCCCCCCCCCCCCCOCC(CCCC1=C(C)N(C)CO1)OC(C)=O. The Kier molecular flexibility index (Phi) is 18.2. The summed E-state index contributed by atoms with van der Waals surface area (Å²) in [5, 5.41) is 0. The Morgan fingerprint density at radius 2 is 1.45 bits per heavy atom. The summed E-state index contributed by atoms with van der Waals surface area (Å²) in [7, 11) is 2.04. The van der Waals surface area contributed by atoms with Crippen LogP contribution in [0.3, 0.4) is 0 Å². The highest BCUT2D eigenvalue weighted by Gasteiger charge is 2.18. The van der Waals surface area contributed by atoms with E-state index in [0.717, 1.165) is 38.0 Å². The average molecular weight is 468 g/mol. The van der Waals surface area contributed by atoms with E-state index in [0.29, 0.717) is 13.3 Å². The first-order chi connectivity index (χ1) is 16.0. The third kappa shape index (κ3) is 16.1. The van der Waals surface area contributed by atoms with Crippen molar-refractivity contribution in [2.45, 2.75) is 136 Å². The maximum Gasteiger partial charge on any atom is 0.302 e. The molecule has 0 spiro atoms. The van der Waals surface area contributed by atoms with Crippen LogP contribution >= 0.6 is 0 Å². The quantitative estimate of drug-likeness (QED) is 0.120. The second-order valence-corrected chi connectivity index (χ2v) is 9.77. The van der Waals surface area contributed by atoms with Gasteiger partial charge in [-0.15, -0.1) is 0 Å². The van der Waals surface area contributed by atoms with Crippen LogP contribution < -0.4 is 0 Å². The van der Waals surface area contributed by atoms with Gasteiger partial charge in [-0.1, -0.05) is 90.4 Å². The summed E-state index contributed by atoms with van der Waals surface area (Å²) in [6.45, 7) is 7.73. The van der Waals surface area contributed by atoms with E-state index >= 15 is 0 Å². The van der Waals surface area contributed by atoms with Crippen LogP contribution in [0.5, 0.6) is 0 Å². The van der Waals surface area contributed by atoms with Crippen LogP contribution in [0.25, 0.3) is 0 Å². The Balaban J connectivity index is 1.95. The van der Waals surface area contributed by atoms with E-state index in [-0.39, 0.29) is 12.1 Å². The number of ether oxygens (including phenoxy) is 3. The van der Waals surface area contributed by atoms with Crippen molar-refractivity contribution >= 4 is 5.97 Å². The molecule has 1 rings (SSSR count). The Morgan fingerprint density at radius 3 is 1.94 bits per heavy atom. The van der Waals surface area contributed by atoms with Crippen LogP contribution in [-0.2, 0) is 19.0 Å². The summed E-state index contributed by atoms with van der Waals surface area (Å²) in [4.78, 5) is 13.5. The topological polar surface area (TPSA) is 48.0 Å². The lowest BCUT2D eigenvalue weighted by Crippen LogP contribution is -2.22. The number of carbonyl (C=O) groups excluding carboxylic acids is 1. The number of hydrogen-bond donors (Lipinski definition) is 0. The third-order valence-corrected chi connectivity index (χ3v) is 6.62. The second-order valence-electron chi connectivity index (χ2n) is 9.77. The molecule has 0 bridgehead atoms. The van der Waals surface area contributed by atoms with Crippen LogP contribution in [0.2, 0.25) is 0 Å². The molecular weight excluding hydrogens is 414 g/mol. The van der Waals surface area contributed by atoms with E-state index in [1.807, 2.05) is 7.05 Å². The van der Waals surface area contributed by atoms with E-state index in [1.54, 1.807) is 0 Å². The van der Waals surface area contributed by atoms with E-state index in [9.17, 15) is 4.79 Å². The molecule has 0 aromatic carbocycles. The molecule has 1 heterocycles. The summed E-state index contributed by atoms with van der Waals surface area (Å²) in [5.74, 6) is 0.828. The molecule has 0 N–H and O–H groups in total. The number of esters is 1. The molecule has 0 aromatic rings. The smallest absolute Gasteiger partial charge is 0.302 e. The minimum absolute atomic E-state index is 0.158. The Morgan fingerprint density at radius 1 is 0.909 bits per heavy atom. The van der Waals surface area contributed by atoms with Crippen molar-refractivity contribution in [3.8, 4) is 0 Å². The van der Waals surface area contributed by atoms with Gasteiger partial charge in [0.05, 0.1) is 12.3 Å². The molecule has 0 aromatic heterocycles. The predicted octanol–water partition coefficient (Wildman–Crippen LogP) is 7.74. The van der Waals surface area contributed by atoms with Crippen molar-refractivity contribution in [2.75, 3.05) is 27.0 Å². The van der Waals surface area contributed by atoms with Gasteiger partial charge in [-0.2, -0.15) is 0 Å². The first-order valence-electron chi connectivity index (χ1n) is 13.8. The minimum Gasteiger partial charge on any atom is -0.476 e. The van der Waals surface area contributed by atoms with E-state index < -0.39 is 0 Å². The maximum absolute atomic E-state index is 11.4. The first-order valence-corrected chi connectivity index (χ1v) is 13.8. The lowest BCUT2D eigenvalue weighted by atomic mass is 10.0. The van der Waals surface area contributed by atoms with Crippen molar-refractivity contribution in [1.82, 2.24) is 4.90 Å². The normalized spacial score (nSPS) is 14.6. The van der Waals surface area contributed by atoms with Crippen LogP contribution in [-0.4, -0.2) is 44.0 Å². The highest BCUT2D eigenvalue weighted by molar-refractivity contribution is 5.66. The Labute approximate surface area is 204 Å². The Bertz CT molecular complexity index is 520. The molecule has 5 nitrogen and oxygen atoms in total. The van der Waals surface area contributed by atoms with Crippen molar-refractivity contribution in [3.63, 3.8) is 0 Å². The zero-order chi connectivity index (χ0) is 24.2. The van der Waals surface area contributed by atoms with Crippen LogP contribution in [0.1, 0.15) is 130 Å². The van der Waals surface area contributed by atoms with Crippen molar-refractivity contribution in [2.24, 2.45) is 0 Å². The molecule has 1 aliphatic rings. The average Bonchev–Trinajstić information content (AvgIpc) is 3.10. The maximum atomic E-state index is 11.4. The summed E-state index contributed by atoms with van der Waals surface area (Å²) in [5.41, 5.74) is 1.20. The zero-order valence-corrected chi connectivity index (χ0v) is 22.3. The van der Waals surface area contributed by atoms with Crippen LogP contribution in [0.15, 0.2) is 11.5 Å². The second kappa shape index (κ2) is 20.2. The fourth-order valence-electron chi connectivity index (χ4n) is 4.36. The molecule has 0 saturated heterocycles. The summed E-state index contributed by atoms with van der Waals surface area (Å²) >= 11 is 0. The van der Waals surface area contributed by atoms with Gasteiger partial charge in [0.2, 0.25) is 0 Å². The standard InChI is InChI=1S/C28H53NO4/c1-5-6-7-8-9-10-11-12-13-14-15-16-17-18-22-31-23-27(33-26(3)30)20-19-21-28-25(2)29(4)24-32-28/h27H,5-24H2,1-4H3. The summed E-state index contributed by atoms with van der Waals surface area (Å²) in [6.07, 6.45) is 21.5. The molecule has 0 fully saturated rings. The molecule has 0 aliphatic carbocycles. The molecule has 1 atom stereocenters. The first kappa shape index (κ1) is 29.8. The number of nitrogens with zero attached hydrogens (tertiary/aromatic N) is 1. The summed E-state index contributed by atoms with van der Waals surface area (Å²) in [6, 6.07) is 0. The Hall–Kier alpha value is -1.23. The zero-order valence-electron chi connectivity index (χ0n) is 22.3. The molecule has 1 aliphatic heterocycles. The highest BCUT2D eigenvalue weighted by Crippen LogP contribution is 2.23. The van der Waals surface area contributed by atoms with Crippen molar-refractivity contribution in [3.05, 3.63) is 11.5 Å². The number of unbranched alkanes of at least 4 members (excludes halogenated alkanes) is 13. The third-order valence-electron chi connectivity index (χ3n) is 6.62. The van der Waals surface area contributed by atoms with E-state index in [4.69, 9.17) is 14.2 Å². The summed E-state index contributed by atoms with van der Waals surface area (Å²) < 4.78 is 17.0. The van der Waals surface area contributed by atoms with Gasteiger partial charge in [0, 0.05) is 27.0 Å². The van der Waals surface area contributed by atoms with Gasteiger partial charge in [-0.25, -0.2) is 0 Å². The fraction of sp³-hybridized carbons (Fsp3) is 0.893. The molecule has 194 valence electrons. The number of rotatable bonds is 22. The number of carbonyl (C=O) groups is 1. The monoisotopic (exact) mass is 467 g/mol. The van der Waals surface area contributed by atoms with Gasteiger partial charge >= 0.3 is 5.97 Å². The van der Waals surface area contributed by atoms with Gasteiger partial charge in [-0.3, -0.25) is 4.79 Å².